The first-order valence-electron chi connectivity index (χ1n) is 5.53. The van der Waals surface area contributed by atoms with Crippen LogP contribution in [0.3, 0.4) is 0 Å². The maximum atomic E-state index is 13.0. The van der Waals surface area contributed by atoms with Crippen molar-refractivity contribution in [1.29, 1.82) is 0 Å². The first-order chi connectivity index (χ1) is 8.60. The molecule has 0 saturated carbocycles. The number of rotatable bonds is 3. The minimum atomic E-state index is -0.485. The molecule has 1 heterocycles. The van der Waals surface area contributed by atoms with Crippen molar-refractivity contribution in [3.05, 3.63) is 29.0 Å². The van der Waals surface area contributed by atoms with Crippen molar-refractivity contribution in [3.63, 3.8) is 0 Å². The molecule has 1 aliphatic rings. The highest BCUT2D eigenvalue weighted by atomic mass is 35.5. The van der Waals surface area contributed by atoms with Gasteiger partial charge in [0.1, 0.15) is 23.7 Å². The molecule has 6 heteroatoms. The number of carbonyl (C=O) groups is 1. The number of esters is 1. The minimum Gasteiger partial charge on any atom is -0.489 e. The van der Waals surface area contributed by atoms with Gasteiger partial charge in [-0.3, -0.25) is 4.79 Å². The van der Waals surface area contributed by atoms with Crippen molar-refractivity contribution in [3.8, 4) is 5.75 Å². The molecule has 2 atom stereocenters. The van der Waals surface area contributed by atoms with E-state index in [4.69, 9.17) is 16.3 Å². The molecule has 1 aromatic carbocycles. The highest BCUT2D eigenvalue weighted by Crippen LogP contribution is 2.23. The Morgan fingerprint density at radius 1 is 1.56 bits per heavy atom. The van der Waals surface area contributed by atoms with E-state index >= 15 is 0 Å². The minimum absolute atomic E-state index is 0.0166. The lowest BCUT2D eigenvalue weighted by molar-refractivity contribution is -0.142. The van der Waals surface area contributed by atoms with Gasteiger partial charge in [-0.25, -0.2) is 4.39 Å². The first-order valence-corrected chi connectivity index (χ1v) is 5.91. The second-order valence-electron chi connectivity index (χ2n) is 4.04. The van der Waals surface area contributed by atoms with Crippen LogP contribution in [-0.2, 0) is 9.53 Å². The van der Waals surface area contributed by atoms with Gasteiger partial charge in [0, 0.05) is 19.0 Å². The molecule has 4 nitrogen and oxygen atoms in total. The summed E-state index contributed by atoms with van der Waals surface area (Å²) in [6.45, 7) is 0.536. The van der Waals surface area contributed by atoms with E-state index in [0.29, 0.717) is 18.7 Å². The van der Waals surface area contributed by atoms with Crippen LogP contribution in [0.4, 0.5) is 4.39 Å². The molecular weight excluding hydrogens is 261 g/mol. The van der Waals surface area contributed by atoms with Crippen molar-refractivity contribution in [2.24, 2.45) is 0 Å². The summed E-state index contributed by atoms with van der Waals surface area (Å²) in [5.74, 6) is -0.307. The molecule has 0 amide bonds. The van der Waals surface area contributed by atoms with Crippen LogP contribution in [0.15, 0.2) is 18.2 Å². The van der Waals surface area contributed by atoms with E-state index in [1.165, 1.54) is 25.3 Å². The molecule has 0 aromatic heterocycles. The maximum Gasteiger partial charge on any atom is 0.323 e. The molecule has 1 N–H and O–H groups in total. The maximum absolute atomic E-state index is 13.0. The third kappa shape index (κ3) is 2.91. The lowest BCUT2D eigenvalue weighted by Crippen LogP contribution is -2.31. The molecule has 0 aliphatic carbocycles. The molecule has 1 aliphatic heterocycles. The zero-order valence-electron chi connectivity index (χ0n) is 9.78. The second kappa shape index (κ2) is 5.54. The summed E-state index contributed by atoms with van der Waals surface area (Å²) in [4.78, 5) is 11.3. The van der Waals surface area contributed by atoms with Gasteiger partial charge in [0.15, 0.2) is 0 Å². The molecule has 2 rings (SSSR count). The molecule has 1 aromatic rings. The predicted octanol–water partition coefficient (Wildman–Crippen LogP) is 1.76. The first kappa shape index (κ1) is 13.1. The fourth-order valence-corrected chi connectivity index (χ4v) is 2.03. The SMILES string of the molecule is COC(=O)[C@@H]1C[C@H](Oc2ccc(F)c(Cl)c2)CN1. The Hall–Kier alpha value is -1.33. The summed E-state index contributed by atoms with van der Waals surface area (Å²) in [5.41, 5.74) is 0. The van der Waals surface area contributed by atoms with Gasteiger partial charge in [-0.15, -0.1) is 0 Å². The summed E-state index contributed by atoms with van der Waals surface area (Å²) in [5, 5.41) is 3.01. The van der Waals surface area contributed by atoms with Gasteiger partial charge in [-0.05, 0) is 12.1 Å². The van der Waals surface area contributed by atoms with Gasteiger partial charge < -0.3 is 14.8 Å². The highest BCUT2D eigenvalue weighted by Gasteiger charge is 2.31. The summed E-state index contributed by atoms with van der Waals surface area (Å²) in [6, 6.07) is 3.82. The zero-order valence-corrected chi connectivity index (χ0v) is 10.5. The van der Waals surface area contributed by atoms with Crippen LogP contribution < -0.4 is 10.1 Å². The predicted molar refractivity (Wildman–Crippen MR) is 64.2 cm³/mol. The van der Waals surface area contributed by atoms with Crippen molar-refractivity contribution >= 4 is 17.6 Å². The molecule has 1 saturated heterocycles. The van der Waals surface area contributed by atoms with Gasteiger partial charge in [-0.1, -0.05) is 11.6 Å². The van der Waals surface area contributed by atoms with E-state index < -0.39 is 5.82 Å². The molecule has 98 valence electrons. The number of halogens is 2. The van der Waals surface area contributed by atoms with Gasteiger partial charge >= 0.3 is 5.97 Å². The van der Waals surface area contributed by atoms with E-state index in [-0.39, 0.29) is 23.1 Å². The number of ether oxygens (including phenoxy) is 2. The number of hydrogen-bond donors (Lipinski definition) is 1. The summed E-state index contributed by atoms with van der Waals surface area (Å²) in [7, 11) is 1.35. The zero-order chi connectivity index (χ0) is 13.1. The van der Waals surface area contributed by atoms with Crippen LogP contribution in [0.5, 0.6) is 5.75 Å². The average Bonchev–Trinajstić information content (AvgIpc) is 2.81. The quantitative estimate of drug-likeness (QED) is 0.853. The molecule has 18 heavy (non-hydrogen) atoms. The lowest BCUT2D eigenvalue weighted by atomic mass is 10.2. The van der Waals surface area contributed by atoms with Crippen LogP contribution in [0.2, 0.25) is 5.02 Å². The standard InChI is InChI=1S/C12H13ClFNO3/c1-17-12(16)11-5-8(6-15-11)18-7-2-3-10(14)9(13)4-7/h2-4,8,11,15H,5-6H2,1H3/t8-,11-/m0/s1. The molecule has 0 radical (unpaired) electrons. The van der Waals surface area contributed by atoms with Crippen LogP contribution in [0.25, 0.3) is 0 Å². The monoisotopic (exact) mass is 273 g/mol. The van der Waals surface area contributed by atoms with Crippen molar-refractivity contribution in [2.75, 3.05) is 13.7 Å². The van der Waals surface area contributed by atoms with E-state index in [9.17, 15) is 9.18 Å². The number of carbonyl (C=O) groups excluding carboxylic acids is 1. The summed E-state index contributed by atoms with van der Waals surface area (Å²) < 4.78 is 23.2. The Bertz CT molecular complexity index is 455. The molecule has 0 bridgehead atoms. The van der Waals surface area contributed by atoms with E-state index in [2.05, 4.69) is 10.1 Å². The normalized spacial score (nSPS) is 22.8. The Morgan fingerprint density at radius 2 is 2.33 bits per heavy atom. The summed E-state index contributed by atoms with van der Waals surface area (Å²) in [6.07, 6.45) is 0.359. The fourth-order valence-electron chi connectivity index (χ4n) is 1.86. The van der Waals surface area contributed by atoms with Crippen molar-refractivity contribution < 1.29 is 18.7 Å². The Balaban J connectivity index is 1.95. The van der Waals surface area contributed by atoms with E-state index in [0.717, 1.165) is 0 Å². The summed E-state index contributed by atoms with van der Waals surface area (Å²) >= 11 is 5.66. The van der Waals surface area contributed by atoms with Crippen LogP contribution in [-0.4, -0.2) is 31.8 Å². The number of methoxy groups -OCH3 is 1. The van der Waals surface area contributed by atoms with Crippen molar-refractivity contribution in [2.45, 2.75) is 18.6 Å². The molecule has 1 fully saturated rings. The molecule has 0 spiro atoms. The number of benzene rings is 1. The topological polar surface area (TPSA) is 47.6 Å². The van der Waals surface area contributed by atoms with Crippen LogP contribution in [0.1, 0.15) is 6.42 Å². The van der Waals surface area contributed by atoms with Gasteiger partial charge in [0.2, 0.25) is 0 Å². The van der Waals surface area contributed by atoms with Crippen LogP contribution >= 0.6 is 11.6 Å². The molecular formula is C12H13ClFNO3. The highest BCUT2D eigenvalue weighted by molar-refractivity contribution is 6.30. The Labute approximate surface area is 109 Å². The fraction of sp³-hybridized carbons (Fsp3) is 0.417. The third-order valence-corrected chi connectivity index (χ3v) is 3.06. The van der Waals surface area contributed by atoms with Crippen LogP contribution in [0, 0.1) is 5.82 Å². The largest absolute Gasteiger partial charge is 0.489 e. The average molecular weight is 274 g/mol. The molecule has 0 unspecified atom stereocenters. The smallest absolute Gasteiger partial charge is 0.323 e. The Morgan fingerprint density at radius 3 is 3.00 bits per heavy atom. The number of nitrogens with one attached hydrogen (secondary N) is 1. The number of hydrogen-bond acceptors (Lipinski definition) is 4. The second-order valence-corrected chi connectivity index (χ2v) is 4.44. The van der Waals surface area contributed by atoms with E-state index in [1.54, 1.807) is 0 Å². The van der Waals surface area contributed by atoms with Gasteiger partial charge in [0.05, 0.1) is 12.1 Å². The van der Waals surface area contributed by atoms with E-state index in [1.807, 2.05) is 0 Å². The van der Waals surface area contributed by atoms with Gasteiger partial charge in [0.25, 0.3) is 0 Å². The Kier molecular flexibility index (Phi) is 4.04. The lowest BCUT2D eigenvalue weighted by Gasteiger charge is -2.13. The third-order valence-electron chi connectivity index (χ3n) is 2.77. The van der Waals surface area contributed by atoms with Crippen molar-refractivity contribution in [1.82, 2.24) is 5.32 Å². The van der Waals surface area contributed by atoms with Gasteiger partial charge in [-0.2, -0.15) is 0 Å².